The van der Waals surface area contributed by atoms with Gasteiger partial charge in [0.05, 0.1) is 0 Å². The predicted molar refractivity (Wildman–Crippen MR) is 76.7 cm³/mol. The van der Waals surface area contributed by atoms with E-state index in [9.17, 15) is 0 Å². The molecular weight excluding hydrogens is 248 g/mol. The van der Waals surface area contributed by atoms with E-state index in [-0.39, 0.29) is 0 Å². The van der Waals surface area contributed by atoms with E-state index >= 15 is 0 Å². The van der Waals surface area contributed by atoms with E-state index < -0.39 is 0 Å². The third kappa shape index (κ3) is 3.05. The van der Waals surface area contributed by atoms with Crippen LogP contribution in [0.4, 0.5) is 11.8 Å². The maximum atomic E-state index is 6.10. The van der Waals surface area contributed by atoms with E-state index in [2.05, 4.69) is 14.9 Å². The first-order valence-electron chi connectivity index (χ1n) is 6.55. The maximum absolute atomic E-state index is 6.10. The quantitative estimate of drug-likeness (QED) is 0.789. The van der Waals surface area contributed by atoms with Crippen LogP contribution in [0.5, 0.6) is 0 Å². The lowest BCUT2D eigenvalue weighted by atomic mass is 10.1. The van der Waals surface area contributed by atoms with Gasteiger partial charge in [0, 0.05) is 38.8 Å². The number of halogens is 1. The number of alkyl halides is 1. The van der Waals surface area contributed by atoms with E-state index in [0.29, 0.717) is 11.9 Å². The van der Waals surface area contributed by atoms with Gasteiger partial charge in [-0.25, -0.2) is 4.98 Å². The van der Waals surface area contributed by atoms with E-state index in [1.54, 1.807) is 0 Å². The minimum absolute atomic E-state index is 0.402. The van der Waals surface area contributed by atoms with E-state index in [1.165, 1.54) is 19.3 Å². The molecule has 1 saturated heterocycles. The predicted octanol–water partition coefficient (Wildman–Crippen LogP) is 2.53. The van der Waals surface area contributed by atoms with Crippen LogP contribution in [0.15, 0.2) is 12.3 Å². The molecule has 0 radical (unpaired) electrons. The lowest BCUT2D eigenvalue weighted by Crippen LogP contribution is -2.37. The Morgan fingerprint density at radius 1 is 1.39 bits per heavy atom. The van der Waals surface area contributed by atoms with Crippen LogP contribution in [-0.4, -0.2) is 42.5 Å². The largest absolute Gasteiger partial charge is 0.352 e. The topological polar surface area (TPSA) is 32.3 Å². The zero-order chi connectivity index (χ0) is 13.0. The van der Waals surface area contributed by atoms with Crippen molar-refractivity contribution in [1.82, 2.24) is 9.97 Å². The van der Waals surface area contributed by atoms with Gasteiger partial charge in [0.1, 0.15) is 5.82 Å². The molecule has 1 fully saturated rings. The second kappa shape index (κ2) is 6.23. The van der Waals surface area contributed by atoms with Crippen molar-refractivity contribution in [2.45, 2.75) is 31.7 Å². The van der Waals surface area contributed by atoms with Gasteiger partial charge in [0.25, 0.3) is 0 Å². The Labute approximate surface area is 114 Å². The molecule has 4 nitrogen and oxygen atoms in total. The van der Waals surface area contributed by atoms with Crippen LogP contribution in [0.2, 0.25) is 0 Å². The molecule has 1 aromatic heterocycles. The summed E-state index contributed by atoms with van der Waals surface area (Å²) in [6.45, 7) is 1.04. The fourth-order valence-electron chi connectivity index (χ4n) is 2.35. The first kappa shape index (κ1) is 13.4. The zero-order valence-corrected chi connectivity index (χ0v) is 11.9. The SMILES string of the molecule is CN(C)c1nccc(N2CCCCCC2CCl)n1. The summed E-state index contributed by atoms with van der Waals surface area (Å²) >= 11 is 6.10. The highest BCUT2D eigenvalue weighted by molar-refractivity contribution is 6.18. The van der Waals surface area contributed by atoms with Crippen molar-refractivity contribution in [3.8, 4) is 0 Å². The highest BCUT2D eigenvalue weighted by atomic mass is 35.5. The minimum Gasteiger partial charge on any atom is -0.352 e. The molecule has 1 aromatic rings. The standard InChI is InChI=1S/C13H21ClN4/c1-17(2)13-15-8-7-12(16-13)18-9-5-3-4-6-11(18)10-14/h7-8,11H,3-6,9-10H2,1-2H3. The Bertz CT molecular complexity index is 383. The van der Waals surface area contributed by atoms with Crippen LogP contribution in [0.25, 0.3) is 0 Å². The normalized spacial score (nSPS) is 20.6. The first-order chi connectivity index (χ1) is 8.72. The first-order valence-corrected chi connectivity index (χ1v) is 7.09. The summed E-state index contributed by atoms with van der Waals surface area (Å²) in [7, 11) is 3.92. The second-order valence-electron chi connectivity index (χ2n) is 4.96. The number of nitrogens with zero attached hydrogens (tertiary/aromatic N) is 4. The van der Waals surface area contributed by atoms with Gasteiger partial charge >= 0.3 is 0 Å². The van der Waals surface area contributed by atoms with Gasteiger partial charge in [0.15, 0.2) is 0 Å². The average Bonchev–Trinajstić information content (AvgIpc) is 2.63. The molecule has 1 unspecified atom stereocenters. The smallest absolute Gasteiger partial charge is 0.226 e. The van der Waals surface area contributed by atoms with Crippen molar-refractivity contribution in [3.05, 3.63) is 12.3 Å². The number of rotatable bonds is 3. The second-order valence-corrected chi connectivity index (χ2v) is 5.27. The van der Waals surface area contributed by atoms with Gasteiger partial charge in [0.2, 0.25) is 5.95 Å². The number of anilines is 2. The summed E-state index contributed by atoms with van der Waals surface area (Å²) in [5.41, 5.74) is 0. The van der Waals surface area contributed by atoms with Crippen molar-refractivity contribution in [3.63, 3.8) is 0 Å². The Kier molecular flexibility index (Phi) is 4.64. The molecule has 5 heteroatoms. The molecule has 0 bridgehead atoms. The fraction of sp³-hybridized carbons (Fsp3) is 0.692. The number of hydrogen-bond acceptors (Lipinski definition) is 4. The Morgan fingerprint density at radius 2 is 2.22 bits per heavy atom. The maximum Gasteiger partial charge on any atom is 0.226 e. The molecule has 0 N–H and O–H groups in total. The van der Waals surface area contributed by atoms with Gasteiger partial charge in [-0.3, -0.25) is 0 Å². The lowest BCUT2D eigenvalue weighted by molar-refractivity contribution is 0.615. The number of aromatic nitrogens is 2. The Hall–Kier alpha value is -1.03. The highest BCUT2D eigenvalue weighted by Crippen LogP contribution is 2.24. The molecular formula is C13H21ClN4. The van der Waals surface area contributed by atoms with Crippen LogP contribution in [-0.2, 0) is 0 Å². The highest BCUT2D eigenvalue weighted by Gasteiger charge is 2.21. The summed E-state index contributed by atoms with van der Waals surface area (Å²) in [5, 5.41) is 0. The molecule has 0 spiro atoms. The molecule has 1 aliphatic heterocycles. The van der Waals surface area contributed by atoms with Crippen LogP contribution in [0.1, 0.15) is 25.7 Å². The average molecular weight is 269 g/mol. The van der Waals surface area contributed by atoms with E-state index in [4.69, 9.17) is 11.6 Å². The number of hydrogen-bond donors (Lipinski definition) is 0. The molecule has 18 heavy (non-hydrogen) atoms. The van der Waals surface area contributed by atoms with Crippen LogP contribution in [0, 0.1) is 0 Å². The van der Waals surface area contributed by atoms with Gasteiger partial charge in [-0.2, -0.15) is 4.98 Å². The van der Waals surface area contributed by atoms with E-state index in [1.807, 2.05) is 31.3 Å². The zero-order valence-electron chi connectivity index (χ0n) is 11.1. The third-order valence-corrected chi connectivity index (χ3v) is 3.73. The summed E-state index contributed by atoms with van der Waals surface area (Å²) in [6.07, 6.45) is 6.75. The van der Waals surface area contributed by atoms with Gasteiger partial charge < -0.3 is 9.80 Å². The Balaban J connectivity index is 2.24. The molecule has 1 aliphatic rings. The van der Waals surface area contributed by atoms with Gasteiger partial charge in [-0.1, -0.05) is 12.8 Å². The monoisotopic (exact) mass is 268 g/mol. The van der Waals surface area contributed by atoms with E-state index in [0.717, 1.165) is 24.7 Å². The van der Waals surface area contributed by atoms with Crippen LogP contribution < -0.4 is 9.80 Å². The molecule has 1 atom stereocenters. The molecule has 100 valence electrons. The minimum atomic E-state index is 0.402. The van der Waals surface area contributed by atoms with Crippen LogP contribution in [0.3, 0.4) is 0 Å². The third-order valence-electron chi connectivity index (χ3n) is 3.38. The summed E-state index contributed by atoms with van der Waals surface area (Å²) in [6, 6.07) is 2.39. The van der Waals surface area contributed by atoms with Crippen molar-refractivity contribution < 1.29 is 0 Å². The fourth-order valence-corrected chi connectivity index (χ4v) is 2.67. The molecule has 0 aliphatic carbocycles. The Morgan fingerprint density at radius 3 is 2.94 bits per heavy atom. The lowest BCUT2D eigenvalue weighted by Gasteiger charge is -2.30. The molecule has 2 heterocycles. The summed E-state index contributed by atoms with van der Waals surface area (Å²) in [4.78, 5) is 13.2. The summed E-state index contributed by atoms with van der Waals surface area (Å²) < 4.78 is 0. The molecule has 0 amide bonds. The van der Waals surface area contributed by atoms with Crippen molar-refractivity contribution in [2.75, 3.05) is 36.3 Å². The van der Waals surface area contributed by atoms with Crippen molar-refractivity contribution in [2.24, 2.45) is 0 Å². The van der Waals surface area contributed by atoms with Gasteiger partial charge in [-0.15, -0.1) is 11.6 Å². The molecule has 0 aromatic carbocycles. The van der Waals surface area contributed by atoms with Crippen LogP contribution >= 0.6 is 11.6 Å². The molecule has 0 saturated carbocycles. The van der Waals surface area contributed by atoms with Crippen molar-refractivity contribution >= 4 is 23.4 Å². The van der Waals surface area contributed by atoms with Crippen molar-refractivity contribution in [1.29, 1.82) is 0 Å². The summed E-state index contributed by atoms with van der Waals surface area (Å²) in [5.74, 6) is 2.42. The molecule has 2 rings (SSSR count). The van der Waals surface area contributed by atoms with Gasteiger partial charge in [-0.05, 0) is 18.9 Å².